The van der Waals surface area contributed by atoms with Gasteiger partial charge in [0.15, 0.2) is 0 Å². The summed E-state index contributed by atoms with van der Waals surface area (Å²) in [5.41, 5.74) is 4.52. The fourth-order valence-electron chi connectivity index (χ4n) is 5.83. The Hall–Kier alpha value is -2.37. The van der Waals surface area contributed by atoms with Crippen molar-refractivity contribution in [2.24, 2.45) is 0 Å². The highest BCUT2D eigenvalue weighted by Gasteiger charge is 2.34. The Kier molecular flexibility index (Phi) is 5.89. The van der Waals surface area contributed by atoms with Gasteiger partial charge in [-0.25, -0.2) is 4.39 Å². The number of fused-ring (bicyclic) bond motifs is 3. The maximum Gasteiger partial charge on any atom is 0.129 e. The molecule has 0 aliphatic carbocycles. The lowest BCUT2D eigenvalue weighted by atomic mass is 9.84. The van der Waals surface area contributed by atoms with Crippen LogP contribution in [0, 0.1) is 11.2 Å². The van der Waals surface area contributed by atoms with E-state index in [2.05, 4.69) is 17.4 Å². The fraction of sp³-hybridized carbons (Fsp3) is 0.250. The molecule has 2 aliphatic rings. The zero-order valence-corrected chi connectivity index (χ0v) is 21.1. The zero-order chi connectivity index (χ0) is 24.3. The van der Waals surface area contributed by atoms with Crippen molar-refractivity contribution < 1.29 is 4.39 Å². The summed E-state index contributed by atoms with van der Waals surface area (Å²) in [6.45, 7) is 0. The van der Waals surface area contributed by atoms with Gasteiger partial charge in [0.05, 0.1) is 26.3 Å². The number of pyridine rings is 1. The molecule has 6 rings (SSSR count). The van der Waals surface area contributed by atoms with E-state index in [0.29, 0.717) is 38.8 Å². The molecule has 2 bridgehead atoms. The van der Waals surface area contributed by atoms with Crippen LogP contribution < -0.4 is 10.8 Å². The molecule has 2 saturated heterocycles. The van der Waals surface area contributed by atoms with Crippen LogP contribution >= 0.6 is 34.8 Å². The molecule has 0 spiro atoms. The van der Waals surface area contributed by atoms with E-state index in [4.69, 9.17) is 40.2 Å². The van der Waals surface area contributed by atoms with Gasteiger partial charge in [-0.3, -0.25) is 9.98 Å². The molecule has 7 heteroatoms. The molecule has 3 aromatic carbocycles. The van der Waals surface area contributed by atoms with Crippen LogP contribution in [0.15, 0.2) is 60.7 Å². The Morgan fingerprint density at radius 2 is 1.54 bits per heavy atom. The summed E-state index contributed by atoms with van der Waals surface area (Å²) < 4.78 is 15.7. The molecule has 3 heterocycles. The lowest BCUT2D eigenvalue weighted by Crippen LogP contribution is -2.37. The van der Waals surface area contributed by atoms with Gasteiger partial charge in [0.1, 0.15) is 11.3 Å². The molecule has 2 unspecified atom stereocenters. The van der Waals surface area contributed by atoms with Crippen LogP contribution in [0.2, 0.25) is 15.1 Å². The summed E-state index contributed by atoms with van der Waals surface area (Å²) in [7, 11) is 0. The maximum absolute atomic E-state index is 13.9. The van der Waals surface area contributed by atoms with Crippen LogP contribution in [0.3, 0.4) is 0 Å². The van der Waals surface area contributed by atoms with Gasteiger partial charge in [-0.05, 0) is 91.3 Å². The highest BCUT2D eigenvalue weighted by Crippen LogP contribution is 2.42. The van der Waals surface area contributed by atoms with Gasteiger partial charge in [0.25, 0.3) is 0 Å². The van der Waals surface area contributed by atoms with Crippen molar-refractivity contribution in [3.05, 3.63) is 92.6 Å². The zero-order valence-electron chi connectivity index (χ0n) is 18.8. The normalized spacial score (nSPS) is 21.5. The molecule has 4 aromatic rings. The molecule has 3 nitrogen and oxygen atoms in total. The van der Waals surface area contributed by atoms with Gasteiger partial charge in [0.2, 0.25) is 0 Å². The van der Waals surface area contributed by atoms with Gasteiger partial charge in [-0.1, -0.05) is 46.9 Å². The van der Waals surface area contributed by atoms with E-state index in [-0.39, 0.29) is 11.3 Å². The Morgan fingerprint density at radius 3 is 2.23 bits per heavy atom. The van der Waals surface area contributed by atoms with Crippen LogP contribution in [0.1, 0.15) is 37.2 Å². The number of hydrogen-bond acceptors (Lipinski definition) is 2. The minimum atomic E-state index is -0.375. The number of hydrogen-bond donors (Lipinski definition) is 2. The summed E-state index contributed by atoms with van der Waals surface area (Å²) in [6, 6.07) is 18.9. The first kappa shape index (κ1) is 23.1. The largest absolute Gasteiger partial charge is 0.311 e. The molecule has 0 radical (unpaired) electrons. The second kappa shape index (κ2) is 8.94. The Bertz CT molecular complexity index is 1500. The summed E-state index contributed by atoms with van der Waals surface area (Å²) in [5, 5.41) is 14.7. The van der Waals surface area contributed by atoms with E-state index >= 15 is 0 Å². The lowest BCUT2D eigenvalue weighted by molar-refractivity contribution is 0.363. The van der Waals surface area contributed by atoms with E-state index in [1.54, 1.807) is 34.9 Å². The minimum Gasteiger partial charge on any atom is -0.311 e. The first-order chi connectivity index (χ1) is 16.9. The first-order valence-electron chi connectivity index (χ1n) is 11.8. The van der Waals surface area contributed by atoms with E-state index in [0.717, 1.165) is 34.9 Å². The molecule has 178 valence electrons. The van der Waals surface area contributed by atoms with E-state index in [9.17, 15) is 4.39 Å². The molecular weight excluding hydrogens is 504 g/mol. The van der Waals surface area contributed by atoms with Gasteiger partial charge in [-0.15, -0.1) is 0 Å². The van der Waals surface area contributed by atoms with Crippen molar-refractivity contribution in [3.63, 3.8) is 0 Å². The van der Waals surface area contributed by atoms with Gasteiger partial charge >= 0.3 is 0 Å². The van der Waals surface area contributed by atoms with Crippen LogP contribution in [0.25, 0.3) is 27.7 Å². The fourth-order valence-corrected chi connectivity index (χ4v) is 6.66. The number of aromatic nitrogens is 1. The van der Waals surface area contributed by atoms with Crippen LogP contribution in [-0.4, -0.2) is 16.7 Å². The van der Waals surface area contributed by atoms with Gasteiger partial charge < -0.3 is 5.32 Å². The summed E-state index contributed by atoms with van der Waals surface area (Å²) in [6.07, 6.45) is 4.53. The second-order valence-corrected chi connectivity index (χ2v) is 10.8. The predicted molar refractivity (Wildman–Crippen MR) is 141 cm³/mol. The molecule has 2 N–H and O–H groups in total. The molecular formula is C28H23Cl3FN3. The number of para-hydroxylation sites is 1. The number of piperidine rings is 1. The molecule has 2 fully saturated rings. The van der Waals surface area contributed by atoms with Crippen molar-refractivity contribution in [1.29, 1.82) is 5.41 Å². The summed E-state index contributed by atoms with van der Waals surface area (Å²) in [5.74, 6) is 0.00109. The average Bonchev–Trinajstić information content (AvgIpc) is 3.17. The van der Waals surface area contributed by atoms with E-state index in [1.807, 2.05) is 6.07 Å². The van der Waals surface area contributed by atoms with Crippen LogP contribution in [0.4, 0.5) is 4.39 Å². The predicted octanol–water partition coefficient (Wildman–Crippen LogP) is 7.87. The number of benzene rings is 3. The standard InChI is InChI=1S/C28H23Cl3FN3/c29-23-2-1-3-24(30)28(23)35-26-13-16(15-10-18-5-6-19(11-15)34-18)12-22(21(26)8-9-27(35)33)20-7-4-17(32)14-25(20)31/h1-4,7-9,12-15,18-19,33-34H,5-6,10-11H2. The topological polar surface area (TPSA) is 40.8 Å². The number of halogens is 4. The smallest absolute Gasteiger partial charge is 0.129 e. The first-order valence-corrected chi connectivity index (χ1v) is 12.9. The number of nitrogens with zero attached hydrogens (tertiary/aromatic N) is 1. The number of nitrogens with one attached hydrogen (secondary N) is 2. The molecule has 2 atom stereocenters. The average molecular weight is 527 g/mol. The van der Waals surface area contributed by atoms with E-state index in [1.165, 1.54) is 30.5 Å². The lowest BCUT2D eigenvalue weighted by Gasteiger charge is -2.30. The van der Waals surface area contributed by atoms with Crippen molar-refractivity contribution in [2.75, 3.05) is 0 Å². The maximum atomic E-state index is 13.9. The molecule has 1 aromatic heterocycles. The van der Waals surface area contributed by atoms with Gasteiger partial charge in [0, 0.05) is 23.0 Å². The van der Waals surface area contributed by atoms with E-state index < -0.39 is 0 Å². The quantitative estimate of drug-likeness (QED) is 0.280. The molecule has 35 heavy (non-hydrogen) atoms. The van der Waals surface area contributed by atoms with Crippen molar-refractivity contribution in [3.8, 4) is 16.8 Å². The third kappa shape index (κ3) is 4.07. The molecule has 0 saturated carbocycles. The SMILES string of the molecule is N=c1ccc2c(-c3ccc(F)cc3Cl)cc(C3CC4CCC(C3)N4)cc2n1-c1c(Cl)cccc1Cl. The van der Waals surface area contributed by atoms with Crippen molar-refractivity contribution >= 4 is 45.7 Å². The Balaban J connectivity index is 1.67. The summed E-state index contributed by atoms with van der Waals surface area (Å²) in [4.78, 5) is 0. The third-order valence-corrected chi connectivity index (χ3v) is 8.32. The summed E-state index contributed by atoms with van der Waals surface area (Å²) >= 11 is 19.8. The molecule has 0 amide bonds. The van der Waals surface area contributed by atoms with Crippen LogP contribution in [-0.2, 0) is 0 Å². The third-order valence-electron chi connectivity index (χ3n) is 7.40. The van der Waals surface area contributed by atoms with Crippen molar-refractivity contribution in [1.82, 2.24) is 9.88 Å². The number of rotatable bonds is 3. The second-order valence-electron chi connectivity index (χ2n) is 9.56. The Labute approximate surface area is 218 Å². The van der Waals surface area contributed by atoms with Crippen molar-refractivity contribution in [2.45, 2.75) is 43.7 Å². The monoisotopic (exact) mass is 525 g/mol. The highest BCUT2D eigenvalue weighted by molar-refractivity contribution is 6.38. The van der Waals surface area contributed by atoms with Gasteiger partial charge in [-0.2, -0.15) is 0 Å². The molecule has 2 aliphatic heterocycles. The Morgan fingerprint density at radius 1 is 0.829 bits per heavy atom. The van der Waals surface area contributed by atoms with Crippen LogP contribution in [0.5, 0.6) is 0 Å². The minimum absolute atomic E-state index is 0.270. The highest BCUT2D eigenvalue weighted by atomic mass is 35.5.